The fourth-order valence-electron chi connectivity index (χ4n) is 2.27. The van der Waals surface area contributed by atoms with Crippen molar-refractivity contribution in [1.82, 2.24) is 15.6 Å². The van der Waals surface area contributed by atoms with E-state index in [4.69, 9.17) is 0 Å². The molecule has 1 aromatic heterocycles. The number of benzene rings is 1. The van der Waals surface area contributed by atoms with Crippen LogP contribution in [0.3, 0.4) is 0 Å². The minimum absolute atomic E-state index is 0. The predicted molar refractivity (Wildman–Crippen MR) is 115 cm³/mol. The summed E-state index contributed by atoms with van der Waals surface area (Å²) in [6.45, 7) is 1.46. The second kappa shape index (κ2) is 11.4. The summed E-state index contributed by atoms with van der Waals surface area (Å²) in [5, 5.41) is 7.35. The molecular formula is C17H22F4IN5S. The Hall–Kier alpha value is -1.63. The molecule has 1 aromatic carbocycles. The highest BCUT2D eigenvalue weighted by atomic mass is 127. The summed E-state index contributed by atoms with van der Waals surface area (Å²) in [7, 11) is 3.46. The van der Waals surface area contributed by atoms with Gasteiger partial charge in [0.1, 0.15) is 10.8 Å². The number of hydrogen-bond acceptors (Lipinski definition) is 4. The normalized spacial score (nSPS) is 11.7. The number of rotatable bonds is 7. The van der Waals surface area contributed by atoms with Gasteiger partial charge in [-0.05, 0) is 24.6 Å². The molecule has 0 spiro atoms. The van der Waals surface area contributed by atoms with Crippen LogP contribution in [0.15, 0.2) is 34.6 Å². The number of anilines is 1. The van der Waals surface area contributed by atoms with E-state index in [-0.39, 0.29) is 36.3 Å². The molecule has 0 aliphatic carbocycles. The Balaban J connectivity index is 0.00000392. The second-order valence-electron chi connectivity index (χ2n) is 5.73. The Morgan fingerprint density at radius 3 is 2.64 bits per heavy atom. The van der Waals surface area contributed by atoms with Gasteiger partial charge >= 0.3 is 6.18 Å². The number of nitrogens with zero attached hydrogens (tertiary/aromatic N) is 3. The molecule has 0 aliphatic rings. The molecule has 5 nitrogen and oxygen atoms in total. The van der Waals surface area contributed by atoms with E-state index in [2.05, 4.69) is 20.6 Å². The third-order valence-corrected chi connectivity index (χ3v) is 4.53. The molecule has 156 valence electrons. The maximum atomic E-state index is 13.2. The Kier molecular flexibility index (Phi) is 9.93. The monoisotopic (exact) mass is 531 g/mol. The molecule has 0 atom stereocenters. The number of guanidine groups is 1. The van der Waals surface area contributed by atoms with Crippen LogP contribution in [0.25, 0.3) is 0 Å². The molecule has 28 heavy (non-hydrogen) atoms. The summed E-state index contributed by atoms with van der Waals surface area (Å²) in [5.74, 6) is 0.199. The maximum Gasteiger partial charge on any atom is 0.434 e. The van der Waals surface area contributed by atoms with Crippen molar-refractivity contribution in [3.8, 4) is 0 Å². The van der Waals surface area contributed by atoms with Gasteiger partial charge in [-0.3, -0.25) is 4.99 Å². The number of aliphatic imine (C=N–C) groups is 1. The molecule has 0 radical (unpaired) electrons. The zero-order chi connectivity index (χ0) is 19.9. The molecule has 0 amide bonds. The highest BCUT2D eigenvalue weighted by Gasteiger charge is 2.33. The first-order valence-electron chi connectivity index (χ1n) is 8.22. The minimum Gasteiger partial charge on any atom is -0.374 e. The number of halogens is 5. The maximum absolute atomic E-state index is 13.2. The van der Waals surface area contributed by atoms with Crippen LogP contribution in [0.5, 0.6) is 0 Å². The van der Waals surface area contributed by atoms with E-state index < -0.39 is 11.9 Å². The average molecular weight is 531 g/mol. The lowest BCUT2D eigenvalue weighted by molar-refractivity contribution is -0.140. The van der Waals surface area contributed by atoms with Gasteiger partial charge in [-0.1, -0.05) is 6.07 Å². The summed E-state index contributed by atoms with van der Waals surface area (Å²) >= 11 is 0.946. The Bertz CT molecular complexity index is 766. The molecular weight excluding hydrogens is 509 g/mol. The van der Waals surface area contributed by atoms with Crippen molar-refractivity contribution in [2.75, 3.05) is 32.1 Å². The molecule has 2 aromatic rings. The lowest BCUT2D eigenvalue weighted by Crippen LogP contribution is -2.38. The number of nitrogens with one attached hydrogen (secondary N) is 2. The average Bonchev–Trinajstić information content (AvgIpc) is 3.10. The quantitative estimate of drug-likeness (QED) is 0.186. The van der Waals surface area contributed by atoms with Crippen LogP contribution < -0.4 is 15.5 Å². The fraction of sp³-hybridized carbons (Fsp3) is 0.412. The summed E-state index contributed by atoms with van der Waals surface area (Å²) in [5.41, 5.74) is -0.0885. The topological polar surface area (TPSA) is 52.6 Å². The molecule has 0 unspecified atom stereocenters. The van der Waals surface area contributed by atoms with Crippen molar-refractivity contribution in [2.24, 2.45) is 4.99 Å². The molecule has 0 bridgehead atoms. The molecule has 2 rings (SSSR count). The van der Waals surface area contributed by atoms with Crippen LogP contribution in [0.1, 0.15) is 17.1 Å². The molecule has 0 aliphatic heterocycles. The fourth-order valence-corrected chi connectivity index (χ4v) is 3.01. The van der Waals surface area contributed by atoms with Gasteiger partial charge in [-0.15, -0.1) is 35.3 Å². The van der Waals surface area contributed by atoms with Gasteiger partial charge in [0, 0.05) is 38.3 Å². The lowest BCUT2D eigenvalue weighted by Gasteiger charge is -2.19. The highest BCUT2D eigenvalue weighted by molar-refractivity contribution is 14.0. The molecule has 11 heteroatoms. The van der Waals surface area contributed by atoms with Crippen molar-refractivity contribution in [2.45, 2.75) is 19.1 Å². The third kappa shape index (κ3) is 7.78. The number of alkyl halides is 3. The first-order chi connectivity index (χ1) is 12.8. The molecule has 2 N–H and O–H groups in total. The van der Waals surface area contributed by atoms with Gasteiger partial charge in [0.25, 0.3) is 0 Å². The van der Waals surface area contributed by atoms with Gasteiger partial charge < -0.3 is 15.5 Å². The van der Waals surface area contributed by atoms with Crippen LogP contribution in [0.2, 0.25) is 0 Å². The summed E-state index contributed by atoms with van der Waals surface area (Å²) in [4.78, 5) is 9.53. The first-order valence-corrected chi connectivity index (χ1v) is 9.10. The van der Waals surface area contributed by atoms with Crippen molar-refractivity contribution >= 4 is 47.0 Å². The molecule has 1 heterocycles. The van der Waals surface area contributed by atoms with Gasteiger partial charge in [-0.2, -0.15) is 13.2 Å². The number of thiazole rings is 1. The minimum atomic E-state index is -4.43. The van der Waals surface area contributed by atoms with E-state index in [1.54, 1.807) is 13.1 Å². The van der Waals surface area contributed by atoms with Crippen LogP contribution in [-0.4, -0.2) is 38.1 Å². The largest absolute Gasteiger partial charge is 0.434 e. The smallest absolute Gasteiger partial charge is 0.374 e. The van der Waals surface area contributed by atoms with E-state index in [0.717, 1.165) is 28.8 Å². The van der Waals surface area contributed by atoms with Gasteiger partial charge in [0.15, 0.2) is 11.7 Å². The molecule has 0 fully saturated rings. The standard InChI is InChI=1S/C17H21F4N5S.HI/c1-22-16(24-10-15-25-14(11-27-15)17(19,20)21)23-7-4-8-26(2)13-6-3-5-12(18)9-13;/h3,5-6,9,11H,4,7-8,10H2,1-2H3,(H2,22,23,24);1H. The van der Waals surface area contributed by atoms with E-state index in [0.29, 0.717) is 24.1 Å². The van der Waals surface area contributed by atoms with Gasteiger partial charge in [-0.25, -0.2) is 9.37 Å². The van der Waals surface area contributed by atoms with Crippen molar-refractivity contribution in [1.29, 1.82) is 0 Å². The first kappa shape index (κ1) is 24.4. The number of aromatic nitrogens is 1. The van der Waals surface area contributed by atoms with Crippen LogP contribution >= 0.6 is 35.3 Å². The lowest BCUT2D eigenvalue weighted by atomic mass is 10.2. The Morgan fingerprint density at radius 1 is 1.29 bits per heavy atom. The van der Waals surface area contributed by atoms with Crippen LogP contribution in [-0.2, 0) is 12.7 Å². The summed E-state index contributed by atoms with van der Waals surface area (Å²) in [6.07, 6.45) is -3.66. The SMILES string of the molecule is CN=C(NCCCN(C)c1cccc(F)c1)NCc1nc(C(F)(F)F)cs1.I. The zero-order valence-corrected chi connectivity index (χ0v) is 18.5. The van der Waals surface area contributed by atoms with E-state index >= 15 is 0 Å². The summed E-state index contributed by atoms with van der Waals surface area (Å²) in [6, 6.07) is 6.36. The Labute approximate surface area is 182 Å². The van der Waals surface area contributed by atoms with E-state index in [1.165, 1.54) is 12.1 Å². The van der Waals surface area contributed by atoms with Crippen LogP contribution in [0.4, 0.5) is 23.2 Å². The van der Waals surface area contributed by atoms with Crippen LogP contribution in [0, 0.1) is 5.82 Å². The van der Waals surface area contributed by atoms with Crippen molar-refractivity contribution in [3.05, 3.63) is 46.2 Å². The molecule has 0 saturated heterocycles. The predicted octanol–water partition coefficient (Wildman–Crippen LogP) is 4.11. The zero-order valence-electron chi connectivity index (χ0n) is 15.4. The van der Waals surface area contributed by atoms with Gasteiger partial charge in [0.05, 0.1) is 6.54 Å². The van der Waals surface area contributed by atoms with E-state index in [9.17, 15) is 17.6 Å². The highest BCUT2D eigenvalue weighted by Crippen LogP contribution is 2.29. The summed E-state index contributed by atoms with van der Waals surface area (Å²) < 4.78 is 50.9. The van der Waals surface area contributed by atoms with Crippen molar-refractivity contribution < 1.29 is 17.6 Å². The van der Waals surface area contributed by atoms with Crippen molar-refractivity contribution in [3.63, 3.8) is 0 Å². The van der Waals surface area contributed by atoms with E-state index in [1.807, 2.05) is 18.0 Å². The van der Waals surface area contributed by atoms with Gasteiger partial charge in [0.2, 0.25) is 0 Å². The molecule has 0 saturated carbocycles. The number of hydrogen-bond donors (Lipinski definition) is 2. The third-order valence-electron chi connectivity index (χ3n) is 3.68. The second-order valence-corrected chi connectivity index (χ2v) is 6.67. The Morgan fingerprint density at radius 2 is 2.04 bits per heavy atom.